The van der Waals surface area contributed by atoms with Crippen molar-refractivity contribution in [1.29, 1.82) is 0 Å². The Balaban J connectivity index is 3.23. The number of carbonyl (C=O) groups excluding carboxylic acids is 5. The van der Waals surface area contributed by atoms with Gasteiger partial charge in [-0.2, -0.15) is 0 Å². The molecule has 1 rings (SSSR count). The third-order valence-corrected chi connectivity index (χ3v) is 5.55. The number of hydrogen-bond donors (Lipinski definition) is 1. The molecule has 1 heterocycles. The van der Waals surface area contributed by atoms with E-state index in [1.54, 1.807) is 14.1 Å². The molecule has 11 nitrogen and oxygen atoms in total. The monoisotopic (exact) mass is 448 g/mol. The summed E-state index contributed by atoms with van der Waals surface area (Å²) in [6.07, 6.45) is -4.30. The average molecular weight is 448 g/mol. The molecule has 0 spiro atoms. The lowest BCUT2D eigenvalue weighted by Crippen LogP contribution is -2.56. The van der Waals surface area contributed by atoms with Crippen LogP contribution in [0.25, 0.3) is 0 Å². The van der Waals surface area contributed by atoms with Crippen molar-refractivity contribution in [1.82, 2.24) is 9.80 Å². The summed E-state index contributed by atoms with van der Waals surface area (Å²) in [5.41, 5.74) is 0. The molecule has 0 bridgehead atoms. The number of aliphatic hydroxyl groups excluding tert-OH is 1. The highest BCUT2D eigenvalue weighted by Crippen LogP contribution is 2.34. The van der Waals surface area contributed by atoms with Gasteiger partial charge in [-0.25, -0.2) is 0 Å². The van der Waals surface area contributed by atoms with Gasteiger partial charge in [0.05, 0.1) is 0 Å². The highest BCUT2D eigenvalue weighted by molar-refractivity contribution is 8.00. The lowest BCUT2D eigenvalue weighted by Gasteiger charge is -2.36. The Bertz CT molecular complexity index is 685. The number of aliphatic hydroxyl groups is 1. The predicted molar refractivity (Wildman–Crippen MR) is 105 cm³/mol. The Kier molecular flexibility index (Phi) is 9.56. The van der Waals surface area contributed by atoms with E-state index in [0.29, 0.717) is 0 Å². The summed E-state index contributed by atoms with van der Waals surface area (Å²) < 4.78 is 15.2. The fourth-order valence-corrected chi connectivity index (χ4v) is 4.50. The third-order valence-electron chi connectivity index (χ3n) is 4.19. The van der Waals surface area contributed by atoms with Gasteiger partial charge in [-0.05, 0) is 0 Å². The Morgan fingerprint density at radius 3 is 2.03 bits per heavy atom. The first kappa shape index (κ1) is 25.7. The number of rotatable bonds is 8. The van der Waals surface area contributed by atoms with Crippen molar-refractivity contribution < 1.29 is 43.3 Å². The number of ether oxygens (including phenoxy) is 3. The van der Waals surface area contributed by atoms with Gasteiger partial charge in [0.25, 0.3) is 0 Å². The first-order valence-electron chi connectivity index (χ1n) is 9.14. The third kappa shape index (κ3) is 6.87. The summed E-state index contributed by atoms with van der Waals surface area (Å²) in [6.45, 7) is 4.13. The molecule has 0 aromatic heterocycles. The van der Waals surface area contributed by atoms with Crippen LogP contribution in [-0.4, -0.2) is 101 Å². The van der Waals surface area contributed by atoms with E-state index in [2.05, 4.69) is 0 Å². The maximum Gasteiger partial charge on any atom is 0.303 e. The summed E-state index contributed by atoms with van der Waals surface area (Å²) in [5, 5.41) is 10.1. The zero-order valence-corrected chi connectivity index (χ0v) is 18.6. The zero-order valence-electron chi connectivity index (χ0n) is 17.8. The van der Waals surface area contributed by atoms with Crippen LogP contribution in [-0.2, 0) is 38.2 Å². The van der Waals surface area contributed by atoms with Crippen LogP contribution in [0.2, 0.25) is 0 Å². The lowest BCUT2D eigenvalue weighted by molar-refractivity contribution is -0.184. The topological polar surface area (TPSA) is 140 Å². The van der Waals surface area contributed by atoms with Gasteiger partial charge in [0.2, 0.25) is 11.8 Å². The molecule has 0 aromatic carbocycles. The van der Waals surface area contributed by atoms with Crippen LogP contribution in [0.3, 0.4) is 0 Å². The quantitative estimate of drug-likeness (QED) is 0.369. The summed E-state index contributed by atoms with van der Waals surface area (Å²) in [7, 11) is 3.10. The molecule has 0 aliphatic carbocycles. The van der Waals surface area contributed by atoms with Crippen molar-refractivity contribution in [2.24, 2.45) is 0 Å². The second-order valence-electron chi connectivity index (χ2n) is 6.91. The molecule has 5 atom stereocenters. The number of nitrogens with zero attached hydrogens (tertiary/aromatic N) is 2. The predicted octanol–water partition coefficient (Wildman–Crippen LogP) is -0.848. The molecule has 0 radical (unpaired) electrons. The Labute approximate surface area is 179 Å². The van der Waals surface area contributed by atoms with E-state index in [-0.39, 0.29) is 11.7 Å². The van der Waals surface area contributed by atoms with Crippen molar-refractivity contribution in [3.8, 4) is 0 Å². The van der Waals surface area contributed by atoms with Crippen molar-refractivity contribution in [2.45, 2.75) is 57.4 Å². The van der Waals surface area contributed by atoms with Crippen molar-refractivity contribution in [3.05, 3.63) is 0 Å². The fraction of sp³-hybridized carbons (Fsp3) is 0.722. The molecule has 1 saturated heterocycles. The summed E-state index contributed by atoms with van der Waals surface area (Å²) in [6, 6.07) is -0.819. The SMILES string of the molecule is CC(=O)OC[C@H](OC(C)=O)[C@H](OC(C)=O)[C@@H](O)C1SC[C@H](C(=O)N(C)C)N1C(C)=O. The molecular weight excluding hydrogens is 420 g/mol. The minimum atomic E-state index is -1.54. The van der Waals surface area contributed by atoms with Gasteiger partial charge in [0, 0.05) is 47.5 Å². The molecule has 30 heavy (non-hydrogen) atoms. The maximum atomic E-state index is 12.5. The Hall–Kier alpha value is -2.34. The van der Waals surface area contributed by atoms with E-state index >= 15 is 0 Å². The van der Waals surface area contributed by atoms with E-state index < -0.39 is 60.1 Å². The minimum absolute atomic E-state index is 0.216. The van der Waals surface area contributed by atoms with E-state index in [9.17, 15) is 29.1 Å². The van der Waals surface area contributed by atoms with Gasteiger partial charge in [-0.1, -0.05) is 0 Å². The number of hydrogen-bond acceptors (Lipinski definition) is 10. The first-order chi connectivity index (χ1) is 13.9. The fourth-order valence-electron chi connectivity index (χ4n) is 3.01. The van der Waals surface area contributed by atoms with Crippen LogP contribution in [0, 0.1) is 0 Å². The second kappa shape index (κ2) is 11.2. The van der Waals surface area contributed by atoms with Crippen LogP contribution in [0.5, 0.6) is 0 Å². The van der Waals surface area contributed by atoms with Gasteiger partial charge < -0.3 is 29.1 Å². The largest absolute Gasteiger partial charge is 0.462 e. The highest BCUT2D eigenvalue weighted by atomic mass is 32.2. The van der Waals surface area contributed by atoms with Crippen molar-refractivity contribution in [3.63, 3.8) is 0 Å². The minimum Gasteiger partial charge on any atom is -0.462 e. The number of carbonyl (C=O) groups is 5. The van der Waals surface area contributed by atoms with E-state index in [4.69, 9.17) is 14.2 Å². The number of likely N-dealkylation sites (N-methyl/N-ethyl adjacent to an activating group) is 1. The number of thioether (sulfide) groups is 1. The zero-order chi connectivity index (χ0) is 23.2. The molecule has 0 aromatic rings. The summed E-state index contributed by atoms with van der Waals surface area (Å²) in [5.74, 6) is -2.77. The average Bonchev–Trinajstić information content (AvgIpc) is 3.06. The number of esters is 3. The van der Waals surface area contributed by atoms with Crippen LogP contribution < -0.4 is 0 Å². The van der Waals surface area contributed by atoms with E-state index in [0.717, 1.165) is 32.5 Å². The van der Waals surface area contributed by atoms with E-state index in [1.165, 1.54) is 16.7 Å². The molecule has 0 saturated carbocycles. The van der Waals surface area contributed by atoms with Crippen molar-refractivity contribution >= 4 is 41.5 Å². The first-order valence-corrected chi connectivity index (χ1v) is 10.2. The second-order valence-corrected chi connectivity index (χ2v) is 8.06. The molecule has 12 heteroatoms. The molecule has 1 aliphatic rings. The van der Waals surface area contributed by atoms with Gasteiger partial charge >= 0.3 is 17.9 Å². The van der Waals surface area contributed by atoms with E-state index in [1.807, 2.05) is 0 Å². The van der Waals surface area contributed by atoms with Gasteiger partial charge in [-0.3, -0.25) is 24.0 Å². The molecule has 1 fully saturated rings. The Morgan fingerprint density at radius 1 is 1.03 bits per heavy atom. The van der Waals surface area contributed by atoms with Gasteiger partial charge in [-0.15, -0.1) is 11.8 Å². The Morgan fingerprint density at radius 2 is 1.60 bits per heavy atom. The van der Waals surface area contributed by atoms with Gasteiger partial charge in [0.15, 0.2) is 12.2 Å². The van der Waals surface area contributed by atoms with Crippen LogP contribution in [0.4, 0.5) is 0 Å². The molecule has 1 unspecified atom stereocenters. The summed E-state index contributed by atoms with van der Waals surface area (Å²) >= 11 is 1.12. The van der Waals surface area contributed by atoms with Crippen molar-refractivity contribution in [2.75, 3.05) is 26.5 Å². The molecule has 170 valence electrons. The maximum absolute atomic E-state index is 12.5. The molecule has 2 amide bonds. The molecule has 1 aliphatic heterocycles. The number of amides is 2. The van der Waals surface area contributed by atoms with Crippen LogP contribution >= 0.6 is 11.8 Å². The molecule has 1 N–H and O–H groups in total. The van der Waals surface area contributed by atoms with Crippen LogP contribution in [0.1, 0.15) is 27.7 Å². The normalized spacial score (nSPS) is 21.2. The lowest BCUT2D eigenvalue weighted by atomic mass is 10.1. The van der Waals surface area contributed by atoms with Crippen LogP contribution in [0.15, 0.2) is 0 Å². The van der Waals surface area contributed by atoms with Gasteiger partial charge in [0.1, 0.15) is 24.1 Å². The standard InChI is InChI=1S/C18H28N2O9S/c1-9(21)20-13(17(26)19(5)6)8-30-18(20)15(25)16(29-12(4)24)14(28-11(3)23)7-27-10(2)22/h13-16,18,25H,7-8H2,1-6H3/t13-,14+,15-,16+,18?/m1/s1. The highest BCUT2D eigenvalue weighted by Gasteiger charge is 2.49. The molecular formula is C18H28N2O9S. The smallest absolute Gasteiger partial charge is 0.303 e. The summed E-state index contributed by atoms with van der Waals surface area (Å²) in [4.78, 5) is 61.6.